The first-order valence-electron chi connectivity index (χ1n) is 6.31. The van der Waals surface area contributed by atoms with Crippen LogP contribution in [0.3, 0.4) is 0 Å². The van der Waals surface area contributed by atoms with Gasteiger partial charge in [-0.05, 0) is 18.9 Å². The minimum atomic E-state index is -0.272. The first-order chi connectivity index (χ1) is 8.66. The lowest BCUT2D eigenvalue weighted by atomic mass is 10.1. The van der Waals surface area contributed by atoms with Crippen LogP contribution in [0.5, 0.6) is 0 Å². The molecule has 1 aliphatic carbocycles. The molecule has 18 heavy (non-hydrogen) atoms. The summed E-state index contributed by atoms with van der Waals surface area (Å²) in [5, 5.41) is 2.89. The normalized spacial score (nSPS) is 24.3. The van der Waals surface area contributed by atoms with Crippen LogP contribution in [0.1, 0.15) is 42.6 Å². The number of amides is 1. The van der Waals surface area contributed by atoms with E-state index in [1.165, 1.54) is 6.07 Å². The molecule has 0 saturated heterocycles. The monoisotopic (exact) mass is 268 g/mol. The van der Waals surface area contributed by atoms with Crippen molar-refractivity contribution in [2.75, 3.05) is 0 Å². The number of halogens is 1. The van der Waals surface area contributed by atoms with Crippen molar-refractivity contribution in [2.45, 2.75) is 43.5 Å². The molecule has 0 spiro atoms. The minimum absolute atomic E-state index is 0.00891. The molecular weight excluding hydrogens is 252 g/mol. The molecule has 4 nitrogen and oxygen atoms in total. The quantitative estimate of drug-likeness (QED) is 0.637. The second-order valence-corrected chi connectivity index (χ2v) is 5.22. The van der Waals surface area contributed by atoms with Gasteiger partial charge in [-0.2, -0.15) is 0 Å². The average Bonchev–Trinajstić information content (AvgIpc) is 2.55. The van der Waals surface area contributed by atoms with Crippen LogP contribution in [0, 0.1) is 0 Å². The molecule has 1 aromatic heterocycles. The third-order valence-electron chi connectivity index (χ3n) is 3.26. The lowest BCUT2D eigenvalue weighted by Crippen LogP contribution is -2.41. The summed E-state index contributed by atoms with van der Waals surface area (Å²) in [6, 6.07) is 4.54. The zero-order chi connectivity index (χ0) is 13.0. The second-order valence-electron chi connectivity index (χ2n) is 4.66. The molecule has 5 heteroatoms. The smallest absolute Gasteiger partial charge is 0.268 e. The van der Waals surface area contributed by atoms with Gasteiger partial charge in [0.2, 0.25) is 5.56 Å². The molecule has 1 amide bonds. The third kappa shape index (κ3) is 3.35. The van der Waals surface area contributed by atoms with Crippen molar-refractivity contribution >= 4 is 17.5 Å². The van der Waals surface area contributed by atoms with Gasteiger partial charge in [0.05, 0.1) is 5.38 Å². The fourth-order valence-electron chi connectivity index (χ4n) is 2.25. The number of nitrogens with one attached hydrogen (secondary N) is 2. The van der Waals surface area contributed by atoms with Gasteiger partial charge in [0.15, 0.2) is 0 Å². The maximum Gasteiger partial charge on any atom is 0.268 e. The maximum absolute atomic E-state index is 12.0. The molecule has 1 aromatic rings. The number of carbonyl (C=O) groups excluding carboxylic acids is 1. The Bertz CT molecular complexity index is 472. The van der Waals surface area contributed by atoms with Crippen molar-refractivity contribution in [1.82, 2.24) is 10.3 Å². The topological polar surface area (TPSA) is 62.0 Å². The molecule has 1 aliphatic rings. The van der Waals surface area contributed by atoms with E-state index in [1.54, 1.807) is 12.1 Å². The third-order valence-corrected chi connectivity index (χ3v) is 3.78. The Morgan fingerprint density at radius 1 is 1.28 bits per heavy atom. The number of H-pyrrole nitrogens is 1. The van der Waals surface area contributed by atoms with Gasteiger partial charge in [-0.1, -0.05) is 25.3 Å². The highest BCUT2D eigenvalue weighted by atomic mass is 35.5. The van der Waals surface area contributed by atoms with Crippen molar-refractivity contribution in [1.29, 1.82) is 0 Å². The molecule has 0 aromatic carbocycles. The van der Waals surface area contributed by atoms with E-state index in [4.69, 9.17) is 11.6 Å². The molecule has 1 heterocycles. The van der Waals surface area contributed by atoms with E-state index < -0.39 is 0 Å². The molecule has 1 fully saturated rings. The minimum Gasteiger partial charge on any atom is -0.347 e. The van der Waals surface area contributed by atoms with Crippen molar-refractivity contribution in [3.63, 3.8) is 0 Å². The largest absolute Gasteiger partial charge is 0.347 e. The van der Waals surface area contributed by atoms with Crippen LogP contribution in [0.15, 0.2) is 23.0 Å². The molecular formula is C13H17ClN2O2. The number of hydrogen-bond donors (Lipinski definition) is 2. The maximum atomic E-state index is 12.0. The Morgan fingerprint density at radius 2 is 2.06 bits per heavy atom. The number of aromatic amines is 1. The Morgan fingerprint density at radius 3 is 2.83 bits per heavy atom. The fourth-order valence-corrected chi connectivity index (χ4v) is 2.59. The Labute approximate surface area is 111 Å². The van der Waals surface area contributed by atoms with Gasteiger partial charge in [-0.15, -0.1) is 11.6 Å². The Hall–Kier alpha value is -1.29. The molecule has 2 unspecified atom stereocenters. The Kier molecular flexibility index (Phi) is 4.42. The fraction of sp³-hybridized carbons (Fsp3) is 0.538. The highest BCUT2D eigenvalue weighted by Crippen LogP contribution is 2.22. The van der Waals surface area contributed by atoms with Crippen molar-refractivity contribution in [2.24, 2.45) is 0 Å². The van der Waals surface area contributed by atoms with E-state index in [1.807, 2.05) is 0 Å². The van der Waals surface area contributed by atoms with E-state index in [0.717, 1.165) is 32.1 Å². The Balaban J connectivity index is 2.04. The van der Waals surface area contributed by atoms with Gasteiger partial charge in [0.1, 0.15) is 5.69 Å². The number of alkyl halides is 1. The van der Waals surface area contributed by atoms with Gasteiger partial charge >= 0.3 is 0 Å². The van der Waals surface area contributed by atoms with E-state index in [-0.39, 0.29) is 28.6 Å². The highest BCUT2D eigenvalue weighted by Gasteiger charge is 2.23. The van der Waals surface area contributed by atoms with Crippen LogP contribution >= 0.6 is 11.6 Å². The van der Waals surface area contributed by atoms with Crippen LogP contribution in [0.2, 0.25) is 0 Å². The predicted octanol–water partition coefficient (Wildman–Crippen LogP) is 2.04. The summed E-state index contributed by atoms with van der Waals surface area (Å²) in [4.78, 5) is 25.6. The average molecular weight is 269 g/mol. The van der Waals surface area contributed by atoms with Gasteiger partial charge in [-0.3, -0.25) is 9.59 Å². The summed E-state index contributed by atoms with van der Waals surface area (Å²) in [5.41, 5.74) is 0.0153. The number of aromatic nitrogens is 1. The zero-order valence-electron chi connectivity index (χ0n) is 10.1. The summed E-state index contributed by atoms with van der Waals surface area (Å²) in [5.74, 6) is -0.259. The number of pyridine rings is 1. The van der Waals surface area contributed by atoms with Gasteiger partial charge < -0.3 is 10.3 Å². The number of carbonyl (C=O) groups is 1. The van der Waals surface area contributed by atoms with Crippen LogP contribution < -0.4 is 10.9 Å². The molecule has 0 radical (unpaired) electrons. The van der Waals surface area contributed by atoms with Gasteiger partial charge in [0.25, 0.3) is 5.91 Å². The zero-order valence-corrected chi connectivity index (χ0v) is 10.9. The molecule has 98 valence electrons. The lowest BCUT2D eigenvalue weighted by Gasteiger charge is -2.20. The summed E-state index contributed by atoms with van der Waals surface area (Å²) in [7, 11) is 0. The molecule has 2 N–H and O–H groups in total. The molecule has 0 bridgehead atoms. The van der Waals surface area contributed by atoms with Crippen molar-refractivity contribution in [3.05, 3.63) is 34.2 Å². The molecule has 0 aliphatic heterocycles. The van der Waals surface area contributed by atoms with Crippen LogP contribution in [-0.4, -0.2) is 22.3 Å². The van der Waals surface area contributed by atoms with Crippen molar-refractivity contribution < 1.29 is 4.79 Å². The van der Waals surface area contributed by atoms with Crippen LogP contribution in [-0.2, 0) is 0 Å². The van der Waals surface area contributed by atoms with E-state index in [2.05, 4.69) is 10.3 Å². The molecule has 2 rings (SSSR count). The summed E-state index contributed by atoms with van der Waals surface area (Å²) >= 11 is 6.26. The first kappa shape index (κ1) is 13.1. The van der Waals surface area contributed by atoms with Gasteiger partial charge in [0, 0.05) is 12.1 Å². The highest BCUT2D eigenvalue weighted by molar-refractivity contribution is 6.21. The second kappa shape index (κ2) is 6.05. The lowest BCUT2D eigenvalue weighted by molar-refractivity contribution is 0.0928. The molecule has 2 atom stereocenters. The molecule has 1 saturated carbocycles. The summed E-state index contributed by atoms with van der Waals surface area (Å²) in [6.07, 6.45) is 5.19. The van der Waals surface area contributed by atoms with Crippen LogP contribution in [0.4, 0.5) is 0 Å². The van der Waals surface area contributed by atoms with Crippen LogP contribution in [0.25, 0.3) is 0 Å². The predicted molar refractivity (Wildman–Crippen MR) is 71.0 cm³/mol. The number of rotatable bonds is 2. The van der Waals surface area contributed by atoms with Crippen molar-refractivity contribution in [3.8, 4) is 0 Å². The standard InChI is InChI=1S/C13H17ClN2O2/c14-9-5-2-1-3-6-10(9)16-13(18)11-7-4-8-12(17)15-11/h4,7-10H,1-3,5-6H2,(H,15,17)(H,16,18). The van der Waals surface area contributed by atoms with E-state index in [9.17, 15) is 9.59 Å². The number of hydrogen-bond acceptors (Lipinski definition) is 2. The SMILES string of the molecule is O=C(NC1CCCCCC1Cl)c1cccc(=O)[nH]1. The van der Waals surface area contributed by atoms with E-state index in [0.29, 0.717) is 0 Å². The van der Waals surface area contributed by atoms with Gasteiger partial charge in [-0.25, -0.2) is 0 Å². The summed E-state index contributed by atoms with van der Waals surface area (Å²) in [6.45, 7) is 0. The first-order valence-corrected chi connectivity index (χ1v) is 6.75. The summed E-state index contributed by atoms with van der Waals surface area (Å²) < 4.78 is 0. The van der Waals surface area contributed by atoms with E-state index >= 15 is 0 Å².